The number of ether oxygens (including phenoxy) is 1. The molecule has 5 aliphatic heterocycles. The number of hydrogen-bond acceptors (Lipinski definition) is 10. The van der Waals surface area contributed by atoms with E-state index in [-0.39, 0.29) is 35.6 Å². The molecule has 1 aromatic rings. The van der Waals surface area contributed by atoms with Crippen molar-refractivity contribution in [2.75, 3.05) is 19.6 Å². The van der Waals surface area contributed by atoms with Crippen molar-refractivity contribution in [3.05, 3.63) is 51.9 Å². The Hall–Kier alpha value is -2.61. The van der Waals surface area contributed by atoms with Gasteiger partial charge in [0.25, 0.3) is 0 Å². The van der Waals surface area contributed by atoms with Gasteiger partial charge >= 0.3 is 0 Å². The quantitative estimate of drug-likeness (QED) is 0.135. The maximum atomic E-state index is 13.6. The SMILES string of the molecule is CCCCC(C)=C=C=CC(CCC(C)C(=O)NC1CCC(Oc2ccc(C#N)c(Cl)c2)CC1)N1CCC2(CCC(C3CCC(C4=NC5(CC5)C5NNC(C)N5C5SC(C)C(C)C45)CN3)C2)CC1. The van der Waals surface area contributed by atoms with Gasteiger partial charge in [0.2, 0.25) is 5.91 Å². The molecule has 11 unspecified atom stereocenters. The molecule has 1 aromatic carbocycles. The summed E-state index contributed by atoms with van der Waals surface area (Å²) in [6.07, 6.45) is 23.4. The highest BCUT2D eigenvalue weighted by molar-refractivity contribution is 8.00. The van der Waals surface area contributed by atoms with Crippen LogP contribution in [0, 0.1) is 46.3 Å². The Labute approximate surface area is 412 Å². The molecule has 12 heteroatoms. The lowest BCUT2D eigenvalue weighted by atomic mass is 9.74. The zero-order valence-electron chi connectivity index (χ0n) is 41.6. The van der Waals surface area contributed by atoms with Gasteiger partial charge < -0.3 is 15.4 Å². The second-order valence-electron chi connectivity index (χ2n) is 22.6. The molecule has 9 rings (SSSR count). The summed E-state index contributed by atoms with van der Waals surface area (Å²) in [6, 6.07) is 8.41. The number of hydrazine groups is 1. The second kappa shape index (κ2) is 21.4. The van der Waals surface area contributed by atoms with E-state index in [1.165, 1.54) is 76.2 Å². The van der Waals surface area contributed by atoms with Crippen molar-refractivity contribution in [3.63, 3.8) is 0 Å². The zero-order valence-corrected chi connectivity index (χ0v) is 43.1. The first-order valence-electron chi connectivity index (χ1n) is 26.7. The van der Waals surface area contributed by atoms with Crippen molar-refractivity contribution in [1.82, 2.24) is 31.3 Å². The van der Waals surface area contributed by atoms with Crippen LogP contribution in [0.3, 0.4) is 0 Å². The summed E-state index contributed by atoms with van der Waals surface area (Å²) in [5.74, 6) is 3.30. The summed E-state index contributed by atoms with van der Waals surface area (Å²) < 4.78 is 6.21. The van der Waals surface area contributed by atoms with Gasteiger partial charge in [-0.2, -0.15) is 5.26 Å². The summed E-state index contributed by atoms with van der Waals surface area (Å²) in [4.78, 5) is 24.9. The number of aliphatic imine (C=N–C) groups is 1. The number of carbonyl (C=O) groups excluding carboxylic acids is 1. The van der Waals surface area contributed by atoms with Gasteiger partial charge in [0.15, 0.2) is 0 Å². The lowest BCUT2D eigenvalue weighted by Gasteiger charge is -2.43. The molecule has 3 saturated carbocycles. The van der Waals surface area contributed by atoms with Gasteiger partial charge in [-0.15, -0.1) is 11.8 Å². The molecule has 3 aliphatic carbocycles. The Morgan fingerprint density at radius 3 is 2.55 bits per heavy atom. The fourth-order valence-electron chi connectivity index (χ4n) is 13.4. The van der Waals surface area contributed by atoms with Crippen LogP contribution in [-0.4, -0.2) is 93.8 Å². The Balaban J connectivity index is 0.765. The van der Waals surface area contributed by atoms with Crippen LogP contribution in [0.5, 0.6) is 5.75 Å². The molecule has 11 atom stereocenters. The van der Waals surface area contributed by atoms with Crippen molar-refractivity contribution < 1.29 is 9.53 Å². The van der Waals surface area contributed by atoms with Crippen LogP contribution in [0.4, 0.5) is 0 Å². The predicted octanol–water partition coefficient (Wildman–Crippen LogP) is 10.3. The van der Waals surface area contributed by atoms with E-state index in [1.54, 1.807) is 17.8 Å². The van der Waals surface area contributed by atoms with Crippen LogP contribution in [0.1, 0.15) is 163 Å². The smallest absolute Gasteiger partial charge is 0.223 e. The standard InChI is InChI=1S/C55H81ClN8O2S/c1-7-8-10-35(2)11-9-12-44(18-13-36(3)51(65)59-43-16-20-45(21-17-43)66-46-19-14-41(33-57)47(56)31-46)63-29-27-54(28-30-63)24-23-40(32-54)48-22-15-42(34-58-48)50-49-37(4)38(5)67-52(49)64-39(6)61-62-53(64)55(60-50)25-26-55/h12,14,19,31,36-40,42-45,48-49,52-53,58,61-62H,7-8,10,13,15-18,20-30,32,34H2,1-6H3,(H,59,65). The maximum absolute atomic E-state index is 13.6. The summed E-state index contributed by atoms with van der Waals surface area (Å²) in [6.45, 7) is 17.2. The Morgan fingerprint density at radius 1 is 1.06 bits per heavy atom. The topological polar surface area (TPSA) is 117 Å². The van der Waals surface area contributed by atoms with Crippen molar-refractivity contribution in [3.8, 4) is 11.8 Å². The van der Waals surface area contributed by atoms with Crippen molar-refractivity contribution >= 4 is 35.0 Å². The van der Waals surface area contributed by atoms with Crippen molar-refractivity contribution in [2.45, 2.75) is 210 Å². The van der Waals surface area contributed by atoms with Crippen LogP contribution in [0.25, 0.3) is 0 Å². The average Bonchev–Trinajstić information content (AvgIpc) is 3.73. The maximum Gasteiger partial charge on any atom is 0.223 e. The second-order valence-corrected chi connectivity index (χ2v) is 24.5. The zero-order chi connectivity index (χ0) is 46.9. The molecule has 4 N–H and O–H groups in total. The Bertz CT molecular complexity index is 2080. The van der Waals surface area contributed by atoms with E-state index in [0.29, 0.717) is 68.5 Å². The molecule has 366 valence electrons. The molecule has 0 radical (unpaired) electrons. The van der Waals surface area contributed by atoms with Crippen LogP contribution in [-0.2, 0) is 4.79 Å². The number of nitrogens with one attached hydrogen (secondary N) is 4. The van der Waals surface area contributed by atoms with Gasteiger partial charge in [0, 0.05) is 59.5 Å². The van der Waals surface area contributed by atoms with E-state index in [4.69, 9.17) is 21.3 Å². The van der Waals surface area contributed by atoms with Gasteiger partial charge in [-0.25, -0.2) is 10.9 Å². The number of rotatable bonds is 14. The average molecular weight is 954 g/mol. The molecular weight excluding hydrogens is 872 g/mol. The first kappa shape index (κ1) is 49.4. The highest BCUT2D eigenvalue weighted by atomic mass is 35.5. The van der Waals surface area contributed by atoms with Crippen LogP contribution in [0.2, 0.25) is 5.02 Å². The van der Waals surface area contributed by atoms with E-state index in [0.717, 1.165) is 70.5 Å². The molecule has 7 fully saturated rings. The summed E-state index contributed by atoms with van der Waals surface area (Å²) >= 11 is 8.45. The predicted molar refractivity (Wildman–Crippen MR) is 273 cm³/mol. The molecule has 0 aromatic heterocycles. The molecule has 8 aliphatic rings. The molecule has 67 heavy (non-hydrogen) atoms. The minimum Gasteiger partial charge on any atom is -0.490 e. The normalized spacial score (nSPS) is 35.3. The third kappa shape index (κ3) is 11.0. The number of benzene rings is 1. The first-order chi connectivity index (χ1) is 32.4. The number of amides is 1. The van der Waals surface area contributed by atoms with Crippen molar-refractivity contribution in [2.24, 2.45) is 40.0 Å². The number of carbonyl (C=O) groups is 1. The van der Waals surface area contributed by atoms with Gasteiger partial charge in [-0.1, -0.05) is 57.2 Å². The number of unbranched alkanes of at least 4 members (excludes halogenated alkanes) is 1. The molecular formula is C55H81ClN8O2S. The largest absolute Gasteiger partial charge is 0.490 e. The molecule has 1 amide bonds. The number of nitrogens with zero attached hydrogens (tertiary/aromatic N) is 4. The summed E-state index contributed by atoms with van der Waals surface area (Å²) in [5, 5.41) is 18.4. The van der Waals surface area contributed by atoms with Gasteiger partial charge in [0.1, 0.15) is 18.0 Å². The number of nitriles is 1. The minimum absolute atomic E-state index is 0.0517. The first-order valence-corrected chi connectivity index (χ1v) is 28.0. The van der Waals surface area contributed by atoms with E-state index >= 15 is 0 Å². The van der Waals surface area contributed by atoms with Gasteiger partial charge in [0.05, 0.1) is 33.8 Å². The lowest BCUT2D eigenvalue weighted by molar-refractivity contribution is -0.125. The van der Waals surface area contributed by atoms with Crippen LogP contribution < -0.4 is 26.2 Å². The lowest BCUT2D eigenvalue weighted by Crippen LogP contribution is -2.51. The minimum atomic E-state index is -0.0591. The highest BCUT2D eigenvalue weighted by Crippen LogP contribution is 2.56. The van der Waals surface area contributed by atoms with E-state index in [2.05, 4.69) is 108 Å². The van der Waals surface area contributed by atoms with E-state index in [9.17, 15) is 10.1 Å². The third-order valence-corrected chi connectivity index (χ3v) is 20.1. The summed E-state index contributed by atoms with van der Waals surface area (Å²) in [7, 11) is 0. The van der Waals surface area contributed by atoms with Crippen LogP contribution in [0.15, 0.2) is 46.3 Å². The number of thioether (sulfide) groups is 1. The highest BCUT2D eigenvalue weighted by Gasteiger charge is 2.62. The number of halogens is 1. The fourth-order valence-corrected chi connectivity index (χ4v) is 15.5. The number of fused-ring (bicyclic) bond motifs is 4. The molecule has 10 nitrogen and oxygen atoms in total. The number of hydrogen-bond donors (Lipinski definition) is 4. The number of allylic oxidation sites excluding steroid dienone is 1. The molecule has 4 saturated heterocycles. The Kier molecular flexibility index (Phi) is 15.8. The molecule has 0 bridgehead atoms. The van der Waals surface area contributed by atoms with E-state index in [1.807, 2.05) is 6.07 Å². The number of piperidine rings is 2. The van der Waals surface area contributed by atoms with Crippen molar-refractivity contribution in [1.29, 1.82) is 5.26 Å². The fraction of sp³-hybridized carbons (Fsp3) is 0.764. The summed E-state index contributed by atoms with van der Waals surface area (Å²) in [5.41, 5.74) is 18.1. The van der Waals surface area contributed by atoms with Gasteiger partial charge in [-0.05, 0) is 177 Å². The Morgan fingerprint density at radius 2 is 1.85 bits per heavy atom. The third-order valence-electron chi connectivity index (χ3n) is 18.1. The monoisotopic (exact) mass is 953 g/mol. The molecule has 2 spiro atoms. The number of likely N-dealkylation sites (tertiary alicyclic amines) is 1. The van der Waals surface area contributed by atoms with E-state index < -0.39 is 0 Å². The van der Waals surface area contributed by atoms with Gasteiger partial charge in [-0.3, -0.25) is 19.6 Å². The molecule has 5 heterocycles. The van der Waals surface area contributed by atoms with Crippen LogP contribution >= 0.6 is 23.4 Å².